The lowest BCUT2D eigenvalue weighted by molar-refractivity contribution is 0.252. The lowest BCUT2D eigenvalue weighted by Gasteiger charge is -2.23. The zero-order valence-corrected chi connectivity index (χ0v) is 18.4. The first-order chi connectivity index (χ1) is 12.9. The summed E-state index contributed by atoms with van der Waals surface area (Å²) in [6.45, 7) is 6.42. The van der Waals surface area contributed by atoms with Crippen molar-refractivity contribution in [2.24, 2.45) is 0 Å². The number of unbranched alkanes of at least 4 members (excludes halogenated alkanes) is 11. The highest BCUT2D eigenvalue weighted by molar-refractivity contribution is 4.61. The summed E-state index contributed by atoms with van der Waals surface area (Å²) >= 11 is 0. The molecule has 0 aliphatic carbocycles. The Morgan fingerprint density at radius 1 is 0.423 bits per heavy atom. The zero-order chi connectivity index (χ0) is 18.5. The summed E-state index contributed by atoms with van der Waals surface area (Å²) in [6, 6.07) is 0. The van der Waals surface area contributed by atoms with Crippen molar-refractivity contribution in [1.29, 1.82) is 0 Å². The predicted octanol–water partition coefficient (Wildman–Crippen LogP) is 8.51. The Balaban J connectivity index is 1.91. The minimum absolute atomic E-state index is 1.37. The van der Waals surface area contributed by atoms with Crippen LogP contribution in [0.3, 0.4) is 0 Å². The van der Waals surface area contributed by atoms with Crippen LogP contribution in [0.4, 0.5) is 0 Å². The van der Waals surface area contributed by atoms with Crippen LogP contribution in [0.1, 0.15) is 142 Å². The van der Waals surface area contributed by atoms with E-state index < -0.39 is 0 Å². The van der Waals surface area contributed by atoms with Crippen molar-refractivity contribution in [3.63, 3.8) is 0 Å². The lowest BCUT2D eigenvalue weighted by Crippen LogP contribution is -2.27. The third-order valence-electron chi connectivity index (χ3n) is 6.28. The molecule has 0 N–H and O–H groups in total. The third-order valence-corrected chi connectivity index (χ3v) is 6.28. The van der Waals surface area contributed by atoms with Crippen molar-refractivity contribution in [1.82, 2.24) is 4.90 Å². The predicted molar refractivity (Wildman–Crippen MR) is 119 cm³/mol. The second-order valence-electron chi connectivity index (χ2n) is 8.91. The van der Waals surface area contributed by atoms with E-state index in [1.807, 2.05) is 0 Å². The van der Waals surface area contributed by atoms with Crippen LogP contribution in [0.5, 0.6) is 0 Å². The molecule has 0 spiro atoms. The van der Waals surface area contributed by atoms with E-state index in [1.165, 1.54) is 154 Å². The molecule has 0 aromatic heterocycles. The van der Waals surface area contributed by atoms with Gasteiger partial charge in [0.2, 0.25) is 0 Å². The van der Waals surface area contributed by atoms with Gasteiger partial charge in [-0.05, 0) is 38.9 Å². The molecule has 1 aliphatic rings. The van der Waals surface area contributed by atoms with Gasteiger partial charge in [0.1, 0.15) is 0 Å². The summed E-state index contributed by atoms with van der Waals surface area (Å²) in [6.07, 6.45) is 30.8. The van der Waals surface area contributed by atoms with Crippen molar-refractivity contribution < 1.29 is 0 Å². The average Bonchev–Trinajstić information content (AvgIpc) is 2.64. The molecule has 0 radical (unpaired) electrons. The Labute approximate surface area is 166 Å². The molecule has 0 aromatic carbocycles. The van der Waals surface area contributed by atoms with Crippen LogP contribution in [0.25, 0.3) is 0 Å². The van der Waals surface area contributed by atoms with E-state index in [1.54, 1.807) is 0 Å². The highest BCUT2D eigenvalue weighted by atomic mass is 15.1. The first-order valence-corrected chi connectivity index (χ1v) is 12.7. The van der Waals surface area contributed by atoms with Gasteiger partial charge in [-0.3, -0.25) is 0 Å². The molecule has 0 unspecified atom stereocenters. The molecule has 0 aromatic rings. The average molecular weight is 366 g/mol. The topological polar surface area (TPSA) is 3.24 Å². The largest absolute Gasteiger partial charge is 0.303 e. The molecule has 26 heavy (non-hydrogen) atoms. The maximum absolute atomic E-state index is 2.79. The fourth-order valence-electron chi connectivity index (χ4n) is 4.42. The van der Waals surface area contributed by atoms with E-state index in [2.05, 4.69) is 11.8 Å². The maximum Gasteiger partial charge on any atom is -0.00187 e. The van der Waals surface area contributed by atoms with Gasteiger partial charge >= 0.3 is 0 Å². The van der Waals surface area contributed by atoms with Gasteiger partial charge < -0.3 is 4.90 Å². The summed E-state index contributed by atoms with van der Waals surface area (Å²) < 4.78 is 0. The van der Waals surface area contributed by atoms with E-state index in [-0.39, 0.29) is 0 Å². The van der Waals surface area contributed by atoms with Crippen LogP contribution in [-0.2, 0) is 0 Å². The lowest BCUT2D eigenvalue weighted by atomic mass is 10.0. The van der Waals surface area contributed by atoms with Crippen molar-refractivity contribution >= 4 is 0 Å². The third kappa shape index (κ3) is 16.2. The maximum atomic E-state index is 2.79. The highest BCUT2D eigenvalue weighted by Crippen LogP contribution is 2.14. The molecule has 156 valence electrons. The number of rotatable bonds is 13. The van der Waals surface area contributed by atoms with Gasteiger partial charge in [-0.15, -0.1) is 0 Å². The molecule has 0 atom stereocenters. The first kappa shape index (κ1) is 24.0. The van der Waals surface area contributed by atoms with Crippen molar-refractivity contribution in [2.45, 2.75) is 142 Å². The van der Waals surface area contributed by atoms with Gasteiger partial charge in [-0.25, -0.2) is 0 Å². The summed E-state index contributed by atoms with van der Waals surface area (Å²) in [5.74, 6) is 0. The molecule has 1 saturated heterocycles. The van der Waals surface area contributed by atoms with Crippen LogP contribution in [0.15, 0.2) is 0 Å². The van der Waals surface area contributed by atoms with Crippen molar-refractivity contribution in [2.75, 3.05) is 19.6 Å². The number of hydrogen-bond acceptors (Lipinski definition) is 1. The standard InChI is InChI=1S/C25H51N/c1-2-3-4-5-6-7-8-9-11-14-17-20-23-26-24-21-18-15-12-10-13-16-19-22-25-26/h2-25H2,1H3. The second-order valence-corrected chi connectivity index (χ2v) is 8.91. The summed E-state index contributed by atoms with van der Waals surface area (Å²) in [7, 11) is 0. The Bertz CT molecular complexity index is 251. The fraction of sp³-hybridized carbons (Fsp3) is 1.00. The number of hydrogen-bond donors (Lipinski definition) is 0. The molecule has 1 heteroatoms. The van der Waals surface area contributed by atoms with Gasteiger partial charge in [0.25, 0.3) is 0 Å². The van der Waals surface area contributed by atoms with Gasteiger partial charge in [0, 0.05) is 0 Å². The minimum Gasteiger partial charge on any atom is -0.303 e. The Kier molecular flexibility index (Phi) is 18.2. The van der Waals surface area contributed by atoms with Gasteiger partial charge in [-0.2, -0.15) is 0 Å². The van der Waals surface area contributed by atoms with Gasteiger partial charge in [0.15, 0.2) is 0 Å². The molecule has 0 bridgehead atoms. The monoisotopic (exact) mass is 365 g/mol. The molecule has 1 aliphatic heterocycles. The quantitative estimate of drug-likeness (QED) is 0.296. The van der Waals surface area contributed by atoms with Crippen LogP contribution >= 0.6 is 0 Å². The second kappa shape index (κ2) is 19.7. The van der Waals surface area contributed by atoms with E-state index in [0.29, 0.717) is 0 Å². The summed E-state index contributed by atoms with van der Waals surface area (Å²) in [5.41, 5.74) is 0. The number of nitrogens with zero attached hydrogens (tertiary/aromatic N) is 1. The molecule has 1 nitrogen and oxygen atoms in total. The molecule has 1 rings (SSSR count). The van der Waals surface area contributed by atoms with Gasteiger partial charge in [-0.1, -0.05) is 122 Å². The normalized spacial score (nSPS) is 18.3. The SMILES string of the molecule is CCCCCCCCCCCCCCN1CCCCCCCCCCC1. The summed E-state index contributed by atoms with van der Waals surface area (Å²) in [4.78, 5) is 2.79. The zero-order valence-electron chi connectivity index (χ0n) is 18.4. The van der Waals surface area contributed by atoms with E-state index in [9.17, 15) is 0 Å². The Morgan fingerprint density at radius 2 is 0.769 bits per heavy atom. The van der Waals surface area contributed by atoms with E-state index >= 15 is 0 Å². The minimum atomic E-state index is 1.37. The van der Waals surface area contributed by atoms with Crippen LogP contribution < -0.4 is 0 Å². The van der Waals surface area contributed by atoms with Crippen molar-refractivity contribution in [3.05, 3.63) is 0 Å². The molecular weight excluding hydrogens is 314 g/mol. The van der Waals surface area contributed by atoms with Crippen LogP contribution in [0, 0.1) is 0 Å². The molecule has 0 saturated carbocycles. The molecular formula is C25H51N. The Morgan fingerprint density at radius 3 is 1.19 bits per heavy atom. The molecule has 0 amide bonds. The fourth-order valence-corrected chi connectivity index (χ4v) is 4.42. The van der Waals surface area contributed by atoms with Gasteiger partial charge in [0.05, 0.1) is 0 Å². The first-order valence-electron chi connectivity index (χ1n) is 12.7. The van der Waals surface area contributed by atoms with E-state index in [0.717, 1.165) is 0 Å². The Hall–Kier alpha value is -0.0400. The summed E-state index contributed by atoms with van der Waals surface area (Å²) in [5, 5.41) is 0. The van der Waals surface area contributed by atoms with Crippen LogP contribution in [-0.4, -0.2) is 24.5 Å². The molecule has 1 heterocycles. The van der Waals surface area contributed by atoms with Crippen LogP contribution in [0.2, 0.25) is 0 Å². The molecule has 1 fully saturated rings. The highest BCUT2D eigenvalue weighted by Gasteiger charge is 2.06. The smallest absolute Gasteiger partial charge is 0.00187 e. The van der Waals surface area contributed by atoms with Crippen molar-refractivity contribution in [3.8, 4) is 0 Å². The van der Waals surface area contributed by atoms with E-state index in [4.69, 9.17) is 0 Å².